The zero-order valence-electron chi connectivity index (χ0n) is 15.2. The zero-order valence-corrected chi connectivity index (χ0v) is 16.0. The Bertz CT molecular complexity index is 1130. The van der Waals surface area contributed by atoms with E-state index in [0.29, 0.717) is 5.84 Å². The number of aliphatic imine (C=N–C) groups is 1. The molecule has 0 aliphatic carbocycles. The summed E-state index contributed by atoms with van der Waals surface area (Å²) in [6.45, 7) is 2.04. The second-order valence-electron chi connectivity index (χ2n) is 6.25. The lowest BCUT2D eigenvalue weighted by molar-refractivity contribution is 0.475. The molecule has 4 rings (SSSR count). The molecule has 0 spiro atoms. The van der Waals surface area contributed by atoms with Crippen LogP contribution < -0.4 is 5.43 Å². The molecule has 0 radical (unpaired) electrons. The maximum Gasteiger partial charge on any atom is 0.183 e. The number of aryl methyl sites for hydroxylation is 1. The largest absolute Gasteiger partial charge is 0.508 e. The number of aromatic nitrogens is 1. The number of rotatable bonds is 4. The molecular formula is C22H18N4OS. The molecule has 0 aliphatic rings. The van der Waals surface area contributed by atoms with Crippen LogP contribution >= 0.6 is 11.3 Å². The number of fused-ring (bicyclic) bond motifs is 1. The van der Waals surface area contributed by atoms with Crippen molar-refractivity contribution in [1.82, 2.24) is 10.4 Å². The highest BCUT2D eigenvalue weighted by Crippen LogP contribution is 2.23. The van der Waals surface area contributed by atoms with Crippen LogP contribution in [-0.4, -0.2) is 22.1 Å². The molecule has 0 saturated heterocycles. The summed E-state index contributed by atoms with van der Waals surface area (Å²) in [5.74, 6) is 0.769. The number of phenolic OH excluding ortho intramolecular Hbond substituents is 1. The van der Waals surface area contributed by atoms with E-state index < -0.39 is 0 Å². The lowest BCUT2D eigenvalue weighted by atomic mass is 10.2. The number of hydrazone groups is 1. The Kier molecular flexibility index (Phi) is 5.12. The lowest BCUT2D eigenvalue weighted by Gasteiger charge is -2.03. The van der Waals surface area contributed by atoms with Gasteiger partial charge in [0, 0.05) is 0 Å². The molecule has 0 unspecified atom stereocenters. The molecule has 0 saturated carbocycles. The van der Waals surface area contributed by atoms with Crippen LogP contribution in [0.25, 0.3) is 10.2 Å². The molecule has 138 valence electrons. The molecule has 1 heterocycles. The van der Waals surface area contributed by atoms with Gasteiger partial charge in [-0.05, 0) is 48.9 Å². The topological polar surface area (TPSA) is 69.9 Å². The first-order valence-corrected chi connectivity index (χ1v) is 9.58. The summed E-state index contributed by atoms with van der Waals surface area (Å²) >= 11 is 1.56. The summed E-state index contributed by atoms with van der Waals surface area (Å²) in [6.07, 6.45) is 1.64. The summed E-state index contributed by atoms with van der Waals surface area (Å²) < 4.78 is 1.09. The average Bonchev–Trinajstić information content (AvgIpc) is 3.13. The van der Waals surface area contributed by atoms with E-state index in [1.165, 1.54) is 5.56 Å². The predicted octanol–water partition coefficient (Wildman–Crippen LogP) is 5.01. The summed E-state index contributed by atoms with van der Waals surface area (Å²) in [7, 11) is 0. The minimum Gasteiger partial charge on any atom is -0.508 e. The van der Waals surface area contributed by atoms with Crippen LogP contribution in [0.3, 0.4) is 0 Å². The Labute approximate surface area is 166 Å². The van der Waals surface area contributed by atoms with Crippen molar-refractivity contribution in [3.8, 4) is 5.75 Å². The van der Waals surface area contributed by atoms with Gasteiger partial charge in [-0.3, -0.25) is 5.43 Å². The van der Waals surface area contributed by atoms with E-state index in [2.05, 4.69) is 15.5 Å². The normalized spacial score (nSPS) is 12.0. The molecule has 28 heavy (non-hydrogen) atoms. The third-order valence-electron chi connectivity index (χ3n) is 4.03. The van der Waals surface area contributed by atoms with Gasteiger partial charge >= 0.3 is 0 Å². The molecule has 4 aromatic rings. The van der Waals surface area contributed by atoms with Gasteiger partial charge in [0.25, 0.3) is 0 Å². The average molecular weight is 386 g/mol. The van der Waals surface area contributed by atoms with Gasteiger partial charge < -0.3 is 5.11 Å². The van der Waals surface area contributed by atoms with Crippen molar-refractivity contribution < 1.29 is 5.11 Å². The van der Waals surface area contributed by atoms with Crippen molar-refractivity contribution in [1.29, 1.82) is 0 Å². The van der Waals surface area contributed by atoms with E-state index in [-0.39, 0.29) is 5.75 Å². The van der Waals surface area contributed by atoms with Crippen molar-refractivity contribution in [3.05, 3.63) is 88.9 Å². The number of phenols is 1. The molecule has 5 nitrogen and oxygen atoms in total. The first-order chi connectivity index (χ1) is 13.7. The van der Waals surface area contributed by atoms with Crippen LogP contribution in [0.4, 0.5) is 5.69 Å². The number of para-hydroxylation sites is 1. The third-order valence-corrected chi connectivity index (χ3v) is 5.07. The molecule has 0 atom stereocenters. The van der Waals surface area contributed by atoms with Crippen LogP contribution in [0.2, 0.25) is 0 Å². The number of hydrogen-bond acceptors (Lipinski definition) is 5. The van der Waals surface area contributed by atoms with E-state index >= 15 is 0 Å². The Morgan fingerprint density at radius 1 is 1.04 bits per heavy atom. The summed E-state index contributed by atoms with van der Waals surface area (Å²) in [4.78, 5) is 9.38. The van der Waals surface area contributed by atoms with Gasteiger partial charge in [-0.25, -0.2) is 9.98 Å². The van der Waals surface area contributed by atoms with E-state index in [9.17, 15) is 5.11 Å². The zero-order chi connectivity index (χ0) is 19.3. The minimum atomic E-state index is 0.198. The van der Waals surface area contributed by atoms with Crippen LogP contribution in [0.5, 0.6) is 5.75 Å². The first-order valence-electron chi connectivity index (χ1n) is 8.77. The van der Waals surface area contributed by atoms with Gasteiger partial charge in [0.2, 0.25) is 0 Å². The number of nitrogens with one attached hydrogen (secondary N) is 1. The van der Waals surface area contributed by atoms with E-state index in [4.69, 9.17) is 4.99 Å². The first kappa shape index (κ1) is 17.9. The Balaban J connectivity index is 1.67. The SMILES string of the molecule is Cc1ccc(N=C(NN=Cc2cccc(O)c2)c2nc3ccccc3s2)cc1. The number of thiazole rings is 1. The fourth-order valence-corrected chi connectivity index (χ4v) is 3.52. The van der Waals surface area contributed by atoms with Crippen molar-refractivity contribution in [2.75, 3.05) is 0 Å². The quantitative estimate of drug-likeness (QED) is 0.294. The van der Waals surface area contributed by atoms with Gasteiger partial charge in [-0.15, -0.1) is 11.3 Å². The van der Waals surface area contributed by atoms with Gasteiger partial charge in [-0.2, -0.15) is 5.10 Å². The maximum atomic E-state index is 9.58. The fourth-order valence-electron chi connectivity index (χ4n) is 2.62. The minimum absolute atomic E-state index is 0.198. The molecule has 0 bridgehead atoms. The van der Waals surface area contributed by atoms with Gasteiger partial charge in [-0.1, -0.05) is 42.0 Å². The maximum absolute atomic E-state index is 9.58. The second kappa shape index (κ2) is 8.02. The Morgan fingerprint density at radius 3 is 2.64 bits per heavy atom. The molecule has 1 aromatic heterocycles. The lowest BCUT2D eigenvalue weighted by Crippen LogP contribution is -2.18. The Morgan fingerprint density at radius 2 is 1.86 bits per heavy atom. The number of hydrogen-bond donors (Lipinski definition) is 2. The smallest absolute Gasteiger partial charge is 0.183 e. The van der Waals surface area contributed by atoms with Crippen LogP contribution in [-0.2, 0) is 0 Å². The van der Waals surface area contributed by atoms with Gasteiger partial charge in [0.1, 0.15) is 5.75 Å². The summed E-state index contributed by atoms with van der Waals surface area (Å²) in [5.41, 5.74) is 6.72. The highest BCUT2D eigenvalue weighted by atomic mass is 32.1. The van der Waals surface area contributed by atoms with E-state index in [1.54, 1.807) is 35.8 Å². The molecule has 0 aliphatic heterocycles. The number of amidine groups is 1. The number of benzene rings is 3. The van der Waals surface area contributed by atoms with Crippen molar-refractivity contribution in [2.45, 2.75) is 6.92 Å². The molecule has 0 amide bonds. The highest BCUT2D eigenvalue weighted by molar-refractivity contribution is 7.20. The van der Waals surface area contributed by atoms with E-state index in [1.807, 2.05) is 61.5 Å². The molecule has 0 fully saturated rings. The predicted molar refractivity (Wildman–Crippen MR) is 116 cm³/mol. The fraction of sp³-hybridized carbons (Fsp3) is 0.0455. The molecule has 3 aromatic carbocycles. The number of nitrogens with zero attached hydrogens (tertiary/aromatic N) is 3. The van der Waals surface area contributed by atoms with Crippen molar-refractivity contribution in [3.63, 3.8) is 0 Å². The summed E-state index contributed by atoms with van der Waals surface area (Å²) in [6, 6.07) is 22.8. The second-order valence-corrected chi connectivity index (χ2v) is 7.28. The van der Waals surface area contributed by atoms with Gasteiger partial charge in [0.05, 0.1) is 22.1 Å². The van der Waals surface area contributed by atoms with Gasteiger partial charge in [0.15, 0.2) is 10.8 Å². The van der Waals surface area contributed by atoms with Crippen molar-refractivity contribution in [2.24, 2.45) is 10.1 Å². The monoisotopic (exact) mass is 386 g/mol. The molecule has 6 heteroatoms. The van der Waals surface area contributed by atoms with E-state index in [0.717, 1.165) is 26.5 Å². The molecule has 2 N–H and O–H groups in total. The summed E-state index contributed by atoms with van der Waals surface area (Å²) in [5, 5.41) is 14.6. The molecular weight excluding hydrogens is 368 g/mol. The Hall–Kier alpha value is -3.51. The van der Waals surface area contributed by atoms with Crippen molar-refractivity contribution >= 4 is 39.3 Å². The van der Waals surface area contributed by atoms with Crippen LogP contribution in [0.15, 0.2) is 82.9 Å². The van der Waals surface area contributed by atoms with Crippen LogP contribution in [0, 0.1) is 6.92 Å². The van der Waals surface area contributed by atoms with Crippen LogP contribution in [0.1, 0.15) is 16.1 Å². The highest BCUT2D eigenvalue weighted by Gasteiger charge is 2.10. The third kappa shape index (κ3) is 4.24. The standard InChI is InChI=1S/C22H18N4OS/c1-15-9-11-17(12-10-15)24-21(22-25-19-7-2-3-8-20(19)28-22)26-23-14-16-5-4-6-18(27)13-16/h2-14,27H,1H3,(H,24,26). The number of aromatic hydroxyl groups is 1.